The van der Waals surface area contributed by atoms with Crippen LogP contribution in [-0.4, -0.2) is 12.5 Å². The van der Waals surface area contributed by atoms with Crippen molar-refractivity contribution in [1.29, 1.82) is 0 Å². The van der Waals surface area contributed by atoms with E-state index in [0.717, 1.165) is 0 Å². The van der Waals surface area contributed by atoms with Gasteiger partial charge in [0.2, 0.25) is 0 Å². The monoisotopic (exact) mass is 215 g/mol. The molecule has 0 saturated heterocycles. The zero-order valence-electron chi connectivity index (χ0n) is 9.79. The van der Waals surface area contributed by atoms with Crippen molar-refractivity contribution in [3.8, 4) is 12.3 Å². The highest BCUT2D eigenvalue weighted by Gasteiger charge is 2.05. The number of benzene rings is 1. The molecule has 0 aromatic heterocycles. The number of amides is 1. The predicted octanol–water partition coefficient (Wildman–Crippen LogP) is 2.56. The maximum absolute atomic E-state index is 11.6. The summed E-state index contributed by atoms with van der Waals surface area (Å²) in [5.41, 5.74) is 1.92. The molecule has 0 bridgehead atoms. The van der Waals surface area contributed by atoms with Crippen molar-refractivity contribution in [3.63, 3.8) is 0 Å². The minimum Gasteiger partial charge on any atom is -0.351 e. The Kier molecular flexibility index (Phi) is 4.60. The van der Waals surface area contributed by atoms with Gasteiger partial charge in [-0.25, -0.2) is 0 Å². The van der Waals surface area contributed by atoms with Crippen molar-refractivity contribution < 1.29 is 4.79 Å². The Hall–Kier alpha value is -1.75. The summed E-state index contributed by atoms with van der Waals surface area (Å²) in [6.07, 6.45) is 5.67. The number of rotatable bonds is 4. The van der Waals surface area contributed by atoms with Gasteiger partial charge >= 0.3 is 0 Å². The van der Waals surface area contributed by atoms with E-state index in [0.29, 0.717) is 24.4 Å². The standard InChI is InChI=1S/C14H17NO/c1-4-5-10-15-14(16)13-8-6-12(7-9-13)11(2)3/h1,6-9,11H,5,10H2,2-3H3,(H,15,16). The average Bonchev–Trinajstić information content (AvgIpc) is 2.29. The third kappa shape index (κ3) is 3.43. The second-order valence-electron chi connectivity index (χ2n) is 3.99. The van der Waals surface area contributed by atoms with E-state index in [-0.39, 0.29) is 5.91 Å². The Morgan fingerprint density at radius 1 is 1.38 bits per heavy atom. The second-order valence-corrected chi connectivity index (χ2v) is 3.99. The number of nitrogens with one attached hydrogen (secondary N) is 1. The van der Waals surface area contributed by atoms with Crippen LogP contribution in [0.5, 0.6) is 0 Å². The number of carbonyl (C=O) groups excluding carboxylic acids is 1. The molecule has 0 heterocycles. The third-order valence-electron chi connectivity index (χ3n) is 2.39. The summed E-state index contributed by atoms with van der Waals surface area (Å²) in [5.74, 6) is 2.90. The fraction of sp³-hybridized carbons (Fsp3) is 0.357. The lowest BCUT2D eigenvalue weighted by Gasteiger charge is -2.07. The van der Waals surface area contributed by atoms with Crippen LogP contribution in [0, 0.1) is 12.3 Å². The molecule has 1 amide bonds. The van der Waals surface area contributed by atoms with Gasteiger partial charge in [-0.15, -0.1) is 12.3 Å². The Labute approximate surface area is 97.1 Å². The van der Waals surface area contributed by atoms with E-state index in [2.05, 4.69) is 25.1 Å². The first-order valence-corrected chi connectivity index (χ1v) is 5.46. The SMILES string of the molecule is C#CCCNC(=O)c1ccc(C(C)C)cc1. The molecule has 1 N–H and O–H groups in total. The molecular formula is C14H17NO. The van der Waals surface area contributed by atoms with Gasteiger partial charge in [-0.3, -0.25) is 4.79 Å². The summed E-state index contributed by atoms with van der Waals surface area (Å²) in [5, 5.41) is 2.77. The van der Waals surface area contributed by atoms with Gasteiger partial charge in [0.1, 0.15) is 0 Å². The molecule has 84 valence electrons. The van der Waals surface area contributed by atoms with Crippen LogP contribution >= 0.6 is 0 Å². The van der Waals surface area contributed by atoms with Crippen molar-refractivity contribution in [2.75, 3.05) is 6.54 Å². The molecule has 1 aromatic carbocycles. The second kappa shape index (κ2) is 5.97. The molecule has 0 atom stereocenters. The fourth-order valence-corrected chi connectivity index (χ4v) is 1.37. The highest BCUT2D eigenvalue weighted by molar-refractivity contribution is 5.94. The lowest BCUT2D eigenvalue weighted by atomic mass is 10.0. The largest absolute Gasteiger partial charge is 0.351 e. The smallest absolute Gasteiger partial charge is 0.251 e. The molecule has 0 saturated carbocycles. The fourth-order valence-electron chi connectivity index (χ4n) is 1.37. The van der Waals surface area contributed by atoms with Crippen molar-refractivity contribution in [2.45, 2.75) is 26.2 Å². The van der Waals surface area contributed by atoms with Gasteiger partial charge in [-0.1, -0.05) is 26.0 Å². The molecule has 0 spiro atoms. The summed E-state index contributed by atoms with van der Waals surface area (Å²) in [4.78, 5) is 11.6. The van der Waals surface area contributed by atoms with Crippen LogP contribution in [-0.2, 0) is 0 Å². The van der Waals surface area contributed by atoms with Crippen LogP contribution < -0.4 is 5.32 Å². The van der Waals surface area contributed by atoms with Crippen molar-refractivity contribution >= 4 is 5.91 Å². The van der Waals surface area contributed by atoms with Crippen molar-refractivity contribution in [3.05, 3.63) is 35.4 Å². The van der Waals surface area contributed by atoms with Gasteiger partial charge in [0.15, 0.2) is 0 Å². The lowest BCUT2D eigenvalue weighted by molar-refractivity contribution is 0.0954. The maximum atomic E-state index is 11.6. The van der Waals surface area contributed by atoms with Crippen LogP contribution in [0.15, 0.2) is 24.3 Å². The molecule has 0 aliphatic heterocycles. The maximum Gasteiger partial charge on any atom is 0.251 e. The molecule has 0 unspecified atom stereocenters. The molecule has 2 heteroatoms. The first kappa shape index (κ1) is 12.3. The van der Waals surface area contributed by atoms with Crippen LogP contribution in [0.3, 0.4) is 0 Å². The zero-order chi connectivity index (χ0) is 12.0. The van der Waals surface area contributed by atoms with Gasteiger partial charge in [0.25, 0.3) is 5.91 Å². The number of hydrogen-bond donors (Lipinski definition) is 1. The van der Waals surface area contributed by atoms with Gasteiger partial charge in [-0.05, 0) is 23.6 Å². The van der Waals surface area contributed by atoms with E-state index in [1.54, 1.807) is 0 Å². The summed E-state index contributed by atoms with van der Waals surface area (Å²) >= 11 is 0. The third-order valence-corrected chi connectivity index (χ3v) is 2.39. The first-order valence-electron chi connectivity index (χ1n) is 5.46. The molecule has 0 fully saturated rings. The summed E-state index contributed by atoms with van der Waals surface area (Å²) in [6, 6.07) is 7.67. The highest BCUT2D eigenvalue weighted by atomic mass is 16.1. The topological polar surface area (TPSA) is 29.1 Å². The minimum atomic E-state index is -0.0643. The quantitative estimate of drug-likeness (QED) is 0.607. The van der Waals surface area contributed by atoms with Gasteiger partial charge in [-0.2, -0.15) is 0 Å². The van der Waals surface area contributed by atoms with Gasteiger partial charge in [0, 0.05) is 18.5 Å². The minimum absolute atomic E-state index is 0.0643. The Morgan fingerprint density at radius 3 is 2.50 bits per heavy atom. The van der Waals surface area contributed by atoms with Gasteiger partial charge in [0.05, 0.1) is 0 Å². The zero-order valence-corrected chi connectivity index (χ0v) is 9.79. The van der Waals surface area contributed by atoms with E-state index in [4.69, 9.17) is 6.42 Å². The van der Waals surface area contributed by atoms with E-state index < -0.39 is 0 Å². The summed E-state index contributed by atoms with van der Waals surface area (Å²) in [7, 11) is 0. The van der Waals surface area contributed by atoms with Crippen LogP contribution in [0.2, 0.25) is 0 Å². The summed E-state index contributed by atoms with van der Waals surface area (Å²) < 4.78 is 0. The van der Waals surface area contributed by atoms with Crippen molar-refractivity contribution in [1.82, 2.24) is 5.32 Å². The average molecular weight is 215 g/mol. The molecule has 0 aliphatic carbocycles. The molecule has 0 aliphatic rings. The predicted molar refractivity (Wildman–Crippen MR) is 66.3 cm³/mol. The number of carbonyl (C=O) groups is 1. The molecule has 16 heavy (non-hydrogen) atoms. The molecule has 2 nitrogen and oxygen atoms in total. The van der Waals surface area contributed by atoms with Crippen LogP contribution in [0.25, 0.3) is 0 Å². The molecule has 1 aromatic rings. The molecular weight excluding hydrogens is 198 g/mol. The molecule has 1 rings (SSSR count). The van der Waals surface area contributed by atoms with Crippen LogP contribution in [0.1, 0.15) is 42.1 Å². The lowest BCUT2D eigenvalue weighted by Crippen LogP contribution is -2.24. The first-order chi connectivity index (χ1) is 7.65. The Balaban J connectivity index is 2.60. The van der Waals surface area contributed by atoms with Crippen LogP contribution in [0.4, 0.5) is 0 Å². The van der Waals surface area contributed by atoms with E-state index >= 15 is 0 Å². The summed E-state index contributed by atoms with van der Waals surface area (Å²) in [6.45, 7) is 4.78. The molecule has 0 radical (unpaired) electrons. The van der Waals surface area contributed by atoms with E-state index in [1.165, 1.54) is 5.56 Å². The van der Waals surface area contributed by atoms with Crippen molar-refractivity contribution in [2.24, 2.45) is 0 Å². The highest BCUT2D eigenvalue weighted by Crippen LogP contribution is 2.14. The van der Waals surface area contributed by atoms with Gasteiger partial charge < -0.3 is 5.32 Å². The normalized spacial score (nSPS) is 9.88. The number of hydrogen-bond acceptors (Lipinski definition) is 1. The van der Waals surface area contributed by atoms with E-state index in [1.807, 2.05) is 24.3 Å². The Morgan fingerprint density at radius 2 is 2.00 bits per heavy atom. The van der Waals surface area contributed by atoms with E-state index in [9.17, 15) is 4.79 Å². The number of terminal acetylenes is 1. The Bertz CT molecular complexity index is 384.